The van der Waals surface area contributed by atoms with E-state index in [1.54, 1.807) is 0 Å². The number of nitrogens with zero attached hydrogens (tertiary/aromatic N) is 1. The van der Waals surface area contributed by atoms with Gasteiger partial charge in [-0.1, -0.05) is 127 Å². The van der Waals surface area contributed by atoms with Crippen LogP contribution in [0.1, 0.15) is 5.56 Å². The molecule has 44 heavy (non-hydrogen) atoms. The summed E-state index contributed by atoms with van der Waals surface area (Å²) in [5.41, 5.74) is 9.76. The summed E-state index contributed by atoms with van der Waals surface area (Å²) in [7, 11) is 0. The van der Waals surface area contributed by atoms with Crippen molar-refractivity contribution in [3.63, 3.8) is 0 Å². The maximum atomic E-state index is 6.60. The van der Waals surface area contributed by atoms with Crippen LogP contribution in [-0.4, -0.2) is 4.98 Å². The van der Waals surface area contributed by atoms with E-state index in [1.807, 2.05) is 6.20 Å². The smallest absolute Gasteiger partial charge is 0.144 e. The monoisotopic (exact) mass is 561 g/mol. The van der Waals surface area contributed by atoms with Gasteiger partial charge in [0.15, 0.2) is 0 Å². The van der Waals surface area contributed by atoms with Gasteiger partial charge in [0, 0.05) is 33.5 Å². The molecule has 0 radical (unpaired) electrons. The number of para-hydroxylation sites is 1. The van der Waals surface area contributed by atoms with Crippen molar-refractivity contribution in [2.24, 2.45) is 0 Å². The zero-order valence-electron chi connectivity index (χ0n) is 24.2. The van der Waals surface area contributed by atoms with Crippen LogP contribution < -0.4 is 0 Å². The Balaban J connectivity index is 1.24. The number of hydrogen-bond acceptors (Lipinski definition) is 2. The van der Waals surface area contributed by atoms with Gasteiger partial charge in [-0.05, 0) is 68.7 Å². The second kappa shape index (κ2) is 9.65. The third-order valence-electron chi connectivity index (χ3n) is 8.99. The van der Waals surface area contributed by atoms with Crippen LogP contribution in [0.15, 0.2) is 150 Å². The number of hydrogen-bond donors (Lipinski definition) is 0. The maximum Gasteiger partial charge on any atom is 0.144 e. The first-order valence-corrected chi connectivity index (χ1v) is 15.0. The van der Waals surface area contributed by atoms with Crippen molar-refractivity contribution in [1.29, 1.82) is 0 Å². The number of aryl methyl sites for hydroxylation is 1. The normalized spacial score (nSPS) is 11.8. The molecule has 0 saturated carbocycles. The first-order valence-electron chi connectivity index (χ1n) is 15.0. The van der Waals surface area contributed by atoms with E-state index in [0.29, 0.717) is 0 Å². The molecule has 0 fully saturated rings. The third kappa shape index (κ3) is 3.71. The lowest BCUT2D eigenvalue weighted by molar-refractivity contribution is 0.673. The van der Waals surface area contributed by atoms with Gasteiger partial charge >= 0.3 is 0 Å². The second-order valence-electron chi connectivity index (χ2n) is 11.6. The Labute approximate surface area is 254 Å². The fraction of sp³-hybridized carbons (Fsp3) is 0.0238. The van der Waals surface area contributed by atoms with Crippen molar-refractivity contribution in [2.75, 3.05) is 0 Å². The molecule has 2 heteroatoms. The van der Waals surface area contributed by atoms with Gasteiger partial charge in [0.25, 0.3) is 0 Å². The summed E-state index contributed by atoms with van der Waals surface area (Å²) >= 11 is 0. The van der Waals surface area contributed by atoms with Crippen LogP contribution in [0.2, 0.25) is 0 Å². The molecule has 0 aliphatic heterocycles. The average Bonchev–Trinajstić information content (AvgIpc) is 3.47. The minimum atomic E-state index is 0.873. The zero-order chi connectivity index (χ0) is 29.2. The molecule has 206 valence electrons. The highest BCUT2D eigenvalue weighted by molar-refractivity contribution is 6.21. The summed E-state index contributed by atoms with van der Waals surface area (Å²) in [5, 5.41) is 9.48. The highest BCUT2D eigenvalue weighted by Crippen LogP contribution is 2.44. The first kappa shape index (κ1) is 24.8. The van der Waals surface area contributed by atoms with Gasteiger partial charge in [-0.2, -0.15) is 0 Å². The molecular weight excluding hydrogens is 534 g/mol. The zero-order valence-corrected chi connectivity index (χ0v) is 24.2. The highest BCUT2D eigenvalue weighted by atomic mass is 16.3. The SMILES string of the molecule is Cc1ccc(-c2c3ccccc3c(-c3ccc(-c4cccc5c4oc4c6ccccc6ccc54)nc3)c3ccccc23)cc1. The molecular formula is C42H27NO. The van der Waals surface area contributed by atoms with E-state index in [9.17, 15) is 0 Å². The number of furan rings is 1. The molecule has 0 N–H and O–H groups in total. The van der Waals surface area contributed by atoms with Crippen LogP contribution in [-0.2, 0) is 0 Å². The number of fused-ring (bicyclic) bond motifs is 7. The van der Waals surface area contributed by atoms with E-state index < -0.39 is 0 Å². The molecule has 0 bridgehead atoms. The fourth-order valence-electron chi connectivity index (χ4n) is 6.90. The van der Waals surface area contributed by atoms with E-state index >= 15 is 0 Å². The van der Waals surface area contributed by atoms with E-state index in [-0.39, 0.29) is 0 Å². The lowest BCUT2D eigenvalue weighted by Crippen LogP contribution is -1.92. The Morgan fingerprint density at radius 3 is 1.66 bits per heavy atom. The summed E-state index contributed by atoms with van der Waals surface area (Å²) in [5.74, 6) is 0. The molecule has 0 atom stereocenters. The van der Waals surface area contributed by atoms with E-state index in [1.165, 1.54) is 49.2 Å². The lowest BCUT2D eigenvalue weighted by atomic mass is 9.86. The second-order valence-corrected chi connectivity index (χ2v) is 11.6. The predicted octanol–water partition coefficient (Wildman–Crippen LogP) is 11.8. The average molecular weight is 562 g/mol. The standard InChI is InChI=1S/C42H27NO/c1-26-17-19-28(20-18-26)39-31-11-4-6-13-33(31)40(34-14-7-5-12-32(34)39)29-22-24-38(43-25-29)37-16-8-15-35-36-23-21-27-9-2-3-10-30(27)41(36)44-42(35)37/h2-25H,1H3. The van der Waals surface area contributed by atoms with Crippen molar-refractivity contribution in [3.05, 3.63) is 151 Å². The molecule has 0 aliphatic rings. The summed E-state index contributed by atoms with van der Waals surface area (Å²) in [6.07, 6.45) is 2.02. The fourth-order valence-corrected chi connectivity index (χ4v) is 6.90. The van der Waals surface area contributed by atoms with Crippen LogP contribution in [0.3, 0.4) is 0 Å². The highest BCUT2D eigenvalue weighted by Gasteiger charge is 2.18. The topological polar surface area (TPSA) is 26.0 Å². The van der Waals surface area contributed by atoms with Crippen LogP contribution >= 0.6 is 0 Å². The quantitative estimate of drug-likeness (QED) is 0.201. The van der Waals surface area contributed by atoms with E-state index in [4.69, 9.17) is 9.40 Å². The van der Waals surface area contributed by atoms with E-state index in [0.717, 1.165) is 44.1 Å². The molecule has 0 amide bonds. The Bertz CT molecular complexity index is 2480. The summed E-state index contributed by atoms with van der Waals surface area (Å²) in [6, 6.07) is 49.8. The molecule has 9 aromatic rings. The Morgan fingerprint density at radius 1 is 0.432 bits per heavy atom. The number of rotatable bonds is 3. The van der Waals surface area contributed by atoms with Crippen molar-refractivity contribution in [2.45, 2.75) is 6.92 Å². The summed E-state index contributed by atoms with van der Waals surface area (Å²) in [6.45, 7) is 2.14. The van der Waals surface area contributed by atoms with Gasteiger partial charge in [0.1, 0.15) is 11.2 Å². The van der Waals surface area contributed by atoms with Gasteiger partial charge < -0.3 is 4.42 Å². The summed E-state index contributed by atoms with van der Waals surface area (Å²) in [4.78, 5) is 5.05. The number of benzene rings is 7. The van der Waals surface area contributed by atoms with Crippen LogP contribution in [0, 0.1) is 6.92 Å². The molecule has 0 unspecified atom stereocenters. The minimum absolute atomic E-state index is 0.873. The van der Waals surface area contributed by atoms with Gasteiger partial charge in [-0.25, -0.2) is 0 Å². The van der Waals surface area contributed by atoms with Gasteiger partial charge in [0.2, 0.25) is 0 Å². The molecule has 0 saturated heterocycles. The molecule has 2 heterocycles. The molecule has 9 rings (SSSR count). The van der Waals surface area contributed by atoms with Crippen molar-refractivity contribution < 1.29 is 4.42 Å². The number of pyridine rings is 1. The maximum absolute atomic E-state index is 6.60. The first-order chi connectivity index (χ1) is 21.7. The Hall–Kier alpha value is -5.73. The van der Waals surface area contributed by atoms with Crippen LogP contribution in [0.4, 0.5) is 0 Å². The molecule has 0 spiro atoms. The van der Waals surface area contributed by atoms with E-state index in [2.05, 4.69) is 146 Å². The Morgan fingerprint density at radius 2 is 1.00 bits per heavy atom. The van der Waals surface area contributed by atoms with Gasteiger partial charge in [0.05, 0.1) is 5.69 Å². The molecule has 2 aromatic heterocycles. The van der Waals surface area contributed by atoms with Gasteiger partial charge in [-0.3, -0.25) is 4.98 Å². The predicted molar refractivity (Wildman–Crippen MR) is 185 cm³/mol. The van der Waals surface area contributed by atoms with Crippen molar-refractivity contribution in [1.82, 2.24) is 4.98 Å². The Kier molecular flexibility index (Phi) is 5.45. The summed E-state index contributed by atoms with van der Waals surface area (Å²) < 4.78 is 6.60. The van der Waals surface area contributed by atoms with Crippen LogP contribution in [0.25, 0.3) is 87.8 Å². The minimum Gasteiger partial charge on any atom is -0.455 e. The van der Waals surface area contributed by atoms with Crippen molar-refractivity contribution in [3.8, 4) is 33.5 Å². The third-order valence-corrected chi connectivity index (χ3v) is 8.99. The lowest BCUT2D eigenvalue weighted by Gasteiger charge is -2.17. The largest absolute Gasteiger partial charge is 0.455 e. The van der Waals surface area contributed by atoms with Crippen LogP contribution in [0.5, 0.6) is 0 Å². The van der Waals surface area contributed by atoms with Crippen molar-refractivity contribution >= 4 is 54.3 Å². The molecule has 7 aromatic carbocycles. The van der Waals surface area contributed by atoms with Gasteiger partial charge in [-0.15, -0.1) is 0 Å². The number of aromatic nitrogens is 1. The molecule has 2 nitrogen and oxygen atoms in total. The molecule has 0 aliphatic carbocycles.